The molecule has 0 heterocycles. The minimum Gasteiger partial charge on any atom is -0.378 e. The third kappa shape index (κ3) is 8.38. The lowest BCUT2D eigenvalue weighted by Crippen LogP contribution is -2.48. The molecule has 3 aromatic carbocycles. The van der Waals surface area contributed by atoms with E-state index in [9.17, 15) is 9.59 Å². The molecule has 0 aliphatic carbocycles. The summed E-state index contributed by atoms with van der Waals surface area (Å²) in [7, 11) is 3.95. The third-order valence-electron chi connectivity index (χ3n) is 6.03. The van der Waals surface area contributed by atoms with Gasteiger partial charge >= 0.3 is 0 Å². The predicted octanol–water partition coefficient (Wildman–Crippen LogP) is 2.74. The summed E-state index contributed by atoms with van der Waals surface area (Å²) < 4.78 is 0. The van der Waals surface area contributed by atoms with Crippen LogP contribution in [-0.2, 0) is 16.1 Å². The van der Waals surface area contributed by atoms with Gasteiger partial charge in [0.05, 0.1) is 5.92 Å². The Hall–Kier alpha value is -4.33. The molecule has 1 atom stereocenters. The van der Waals surface area contributed by atoms with E-state index in [1.165, 1.54) is 0 Å². The molecule has 3 aromatic rings. The zero-order valence-electron chi connectivity index (χ0n) is 21.4. The minimum absolute atomic E-state index is 0.000530. The summed E-state index contributed by atoms with van der Waals surface area (Å²) in [5, 5.41) is 5.96. The lowest BCUT2D eigenvalue weighted by Gasteiger charge is -2.23. The van der Waals surface area contributed by atoms with Crippen molar-refractivity contribution in [3.05, 3.63) is 102 Å². The van der Waals surface area contributed by atoms with E-state index in [0.717, 1.165) is 22.4 Å². The summed E-state index contributed by atoms with van der Waals surface area (Å²) >= 11 is 0. The van der Waals surface area contributed by atoms with Gasteiger partial charge in [-0.15, -0.1) is 0 Å². The summed E-state index contributed by atoms with van der Waals surface area (Å²) in [4.78, 5) is 32.9. The van der Waals surface area contributed by atoms with Crippen molar-refractivity contribution in [2.24, 2.45) is 16.5 Å². The molecule has 0 radical (unpaired) electrons. The highest BCUT2D eigenvalue weighted by molar-refractivity contribution is 5.92. The Morgan fingerprint density at radius 3 is 1.92 bits per heavy atom. The van der Waals surface area contributed by atoms with Crippen LogP contribution >= 0.6 is 0 Å². The topological polar surface area (TPSA) is 126 Å². The number of carbonyl (C=O) groups excluding carboxylic acids is 2. The average Bonchev–Trinajstić information content (AvgIpc) is 2.90. The highest BCUT2D eigenvalue weighted by Crippen LogP contribution is 2.25. The first-order chi connectivity index (χ1) is 17.8. The Kier molecular flexibility index (Phi) is 10.1. The van der Waals surface area contributed by atoms with Crippen LogP contribution in [0.25, 0.3) is 0 Å². The van der Waals surface area contributed by atoms with Gasteiger partial charge in [0.1, 0.15) is 6.04 Å². The molecule has 0 aromatic heterocycles. The molecule has 0 fully saturated rings. The molecule has 8 nitrogen and oxygen atoms in total. The van der Waals surface area contributed by atoms with Crippen LogP contribution in [0.1, 0.15) is 35.4 Å². The Morgan fingerprint density at radius 2 is 1.41 bits per heavy atom. The second-order valence-corrected chi connectivity index (χ2v) is 9.04. The summed E-state index contributed by atoms with van der Waals surface area (Å²) in [6.45, 7) is 0.725. The Balaban J connectivity index is 1.75. The molecular weight excluding hydrogens is 464 g/mol. The molecular formula is C29H36N6O2. The number of nitrogens with zero attached hydrogens (tertiary/aromatic N) is 2. The molecule has 3 rings (SSSR count). The number of benzene rings is 3. The van der Waals surface area contributed by atoms with Gasteiger partial charge in [0.2, 0.25) is 11.8 Å². The van der Waals surface area contributed by atoms with E-state index in [1.807, 2.05) is 104 Å². The van der Waals surface area contributed by atoms with Gasteiger partial charge in [-0.3, -0.25) is 14.6 Å². The lowest BCUT2D eigenvalue weighted by molar-refractivity contribution is -0.129. The molecule has 0 spiro atoms. The van der Waals surface area contributed by atoms with Crippen molar-refractivity contribution in [1.82, 2.24) is 10.6 Å². The quantitative estimate of drug-likeness (QED) is 0.173. The Bertz CT molecular complexity index is 1120. The maximum absolute atomic E-state index is 13.6. The van der Waals surface area contributed by atoms with Gasteiger partial charge in [0.15, 0.2) is 5.96 Å². The van der Waals surface area contributed by atoms with E-state index in [0.29, 0.717) is 25.9 Å². The molecule has 194 valence electrons. The van der Waals surface area contributed by atoms with E-state index in [-0.39, 0.29) is 17.8 Å². The molecule has 8 heteroatoms. The number of aliphatic imine (C=N–C) groups is 1. The van der Waals surface area contributed by atoms with Crippen LogP contribution in [-0.4, -0.2) is 44.5 Å². The van der Waals surface area contributed by atoms with Crippen LogP contribution in [0.4, 0.5) is 5.69 Å². The number of nitrogens with one attached hydrogen (secondary N) is 2. The average molecular weight is 501 g/mol. The third-order valence-corrected chi connectivity index (χ3v) is 6.03. The number of hydrogen-bond acceptors (Lipinski definition) is 4. The summed E-state index contributed by atoms with van der Waals surface area (Å²) in [5.41, 5.74) is 14.6. The van der Waals surface area contributed by atoms with E-state index in [4.69, 9.17) is 11.5 Å². The van der Waals surface area contributed by atoms with E-state index in [2.05, 4.69) is 15.6 Å². The maximum atomic E-state index is 13.6. The second kappa shape index (κ2) is 13.7. The Morgan fingerprint density at radius 1 is 0.838 bits per heavy atom. The molecule has 0 saturated heterocycles. The largest absolute Gasteiger partial charge is 0.378 e. The number of carbonyl (C=O) groups is 2. The molecule has 0 aliphatic heterocycles. The van der Waals surface area contributed by atoms with Gasteiger partial charge < -0.3 is 27.0 Å². The zero-order valence-corrected chi connectivity index (χ0v) is 21.4. The highest BCUT2D eigenvalue weighted by Gasteiger charge is 2.27. The van der Waals surface area contributed by atoms with Crippen LogP contribution in [0.15, 0.2) is 89.9 Å². The molecule has 0 bridgehead atoms. The normalized spacial score (nSPS) is 11.4. The van der Waals surface area contributed by atoms with E-state index in [1.54, 1.807) is 0 Å². The van der Waals surface area contributed by atoms with Gasteiger partial charge in [0.25, 0.3) is 0 Å². The SMILES string of the molecule is CN(C)c1ccc(CNC(=O)[C@H](CCCN=C(N)N)NC(=O)C(c2ccccc2)c2ccccc2)cc1. The fourth-order valence-electron chi connectivity index (χ4n) is 4.04. The highest BCUT2D eigenvalue weighted by atomic mass is 16.2. The van der Waals surface area contributed by atoms with Crippen LogP contribution in [0.3, 0.4) is 0 Å². The molecule has 2 amide bonds. The van der Waals surface area contributed by atoms with Crippen molar-refractivity contribution in [2.75, 3.05) is 25.5 Å². The second-order valence-electron chi connectivity index (χ2n) is 9.04. The first-order valence-electron chi connectivity index (χ1n) is 12.3. The number of hydrogen-bond donors (Lipinski definition) is 4. The first-order valence-corrected chi connectivity index (χ1v) is 12.3. The van der Waals surface area contributed by atoms with Crippen molar-refractivity contribution in [3.63, 3.8) is 0 Å². The Labute approximate surface area is 218 Å². The maximum Gasteiger partial charge on any atom is 0.242 e. The predicted molar refractivity (Wildman–Crippen MR) is 149 cm³/mol. The standard InChI is InChI=1S/C29H36N6O2/c1-35(2)24-17-15-21(16-18-24)20-33-27(36)25(14-9-19-32-29(30)31)34-28(37)26(22-10-5-3-6-11-22)23-12-7-4-8-13-23/h3-8,10-13,15-18,25-26H,9,14,19-20H2,1-2H3,(H,33,36)(H,34,37)(H4,30,31,32)/t25-/m0/s1. The van der Waals surface area contributed by atoms with E-state index < -0.39 is 12.0 Å². The van der Waals surface area contributed by atoms with Gasteiger partial charge in [-0.05, 0) is 41.7 Å². The number of amides is 2. The molecule has 0 saturated carbocycles. The zero-order chi connectivity index (χ0) is 26.6. The van der Waals surface area contributed by atoms with Crippen molar-refractivity contribution in [2.45, 2.75) is 31.3 Å². The lowest BCUT2D eigenvalue weighted by atomic mass is 9.90. The molecule has 37 heavy (non-hydrogen) atoms. The van der Waals surface area contributed by atoms with Crippen LogP contribution in [0.2, 0.25) is 0 Å². The number of nitrogens with two attached hydrogens (primary N) is 2. The van der Waals surface area contributed by atoms with Gasteiger partial charge in [-0.1, -0.05) is 72.8 Å². The fourth-order valence-corrected chi connectivity index (χ4v) is 4.04. The van der Waals surface area contributed by atoms with E-state index >= 15 is 0 Å². The van der Waals surface area contributed by atoms with Crippen molar-refractivity contribution >= 4 is 23.5 Å². The van der Waals surface area contributed by atoms with Crippen LogP contribution < -0.4 is 27.0 Å². The first kappa shape index (κ1) is 27.3. The monoisotopic (exact) mass is 500 g/mol. The summed E-state index contributed by atoms with van der Waals surface area (Å²) in [5.74, 6) is -1.04. The number of rotatable bonds is 12. The van der Waals surface area contributed by atoms with Gasteiger partial charge in [-0.25, -0.2) is 0 Å². The van der Waals surface area contributed by atoms with Crippen LogP contribution in [0.5, 0.6) is 0 Å². The number of anilines is 1. The molecule has 0 unspecified atom stereocenters. The molecule has 0 aliphatic rings. The van der Waals surface area contributed by atoms with Crippen LogP contribution in [0, 0.1) is 0 Å². The number of guanidine groups is 1. The van der Waals surface area contributed by atoms with Crippen molar-refractivity contribution < 1.29 is 9.59 Å². The summed E-state index contributed by atoms with van der Waals surface area (Å²) in [6, 6.07) is 26.3. The minimum atomic E-state index is -0.738. The molecule has 6 N–H and O–H groups in total. The van der Waals surface area contributed by atoms with Crippen molar-refractivity contribution in [1.29, 1.82) is 0 Å². The fraction of sp³-hybridized carbons (Fsp3) is 0.276. The van der Waals surface area contributed by atoms with Gasteiger partial charge in [-0.2, -0.15) is 0 Å². The van der Waals surface area contributed by atoms with Crippen molar-refractivity contribution in [3.8, 4) is 0 Å². The van der Waals surface area contributed by atoms with Gasteiger partial charge in [0, 0.05) is 32.9 Å². The summed E-state index contributed by atoms with van der Waals surface area (Å²) in [6.07, 6.45) is 0.930. The smallest absolute Gasteiger partial charge is 0.242 e.